The fourth-order valence-corrected chi connectivity index (χ4v) is 14.2. The van der Waals surface area contributed by atoms with E-state index in [0.29, 0.717) is 29.4 Å². The van der Waals surface area contributed by atoms with Gasteiger partial charge in [0, 0.05) is 135 Å². The zero-order chi connectivity index (χ0) is 70.5. The first-order valence-electron chi connectivity index (χ1n) is 35.3. The van der Waals surface area contributed by atoms with E-state index in [4.69, 9.17) is 21.8 Å². The van der Waals surface area contributed by atoms with Crippen LogP contribution in [0.15, 0.2) is 207 Å². The van der Waals surface area contributed by atoms with Gasteiger partial charge in [-0.25, -0.2) is 9.97 Å². The van der Waals surface area contributed by atoms with Crippen molar-refractivity contribution in [1.82, 2.24) is 24.7 Å². The molecule has 4 aliphatic heterocycles. The highest BCUT2D eigenvalue weighted by Gasteiger charge is 2.33. The third-order valence-corrected chi connectivity index (χ3v) is 20.0. The largest absolute Gasteiger partial charge is 0.454 e. The highest BCUT2D eigenvalue weighted by Crippen LogP contribution is 2.46. The first kappa shape index (κ1) is 60.1. The highest BCUT2D eigenvalue weighted by atomic mass is 16.3. The summed E-state index contributed by atoms with van der Waals surface area (Å²) in [7, 11) is 4.18. The van der Waals surface area contributed by atoms with Crippen LogP contribution in [-0.4, -0.2) is 70.4 Å². The lowest BCUT2D eigenvalue weighted by Crippen LogP contribution is -2.37. The van der Waals surface area contributed by atoms with Crippen molar-refractivity contribution in [1.29, 1.82) is 0 Å². The average molecular weight is 1290 g/mol. The van der Waals surface area contributed by atoms with Gasteiger partial charge in [-0.2, -0.15) is 0 Å². The van der Waals surface area contributed by atoms with E-state index in [-0.39, 0.29) is 18.5 Å². The van der Waals surface area contributed by atoms with E-state index in [1.54, 1.807) is 12.4 Å². The number of aryl methyl sites for hydroxylation is 6. The van der Waals surface area contributed by atoms with Crippen LogP contribution in [0.1, 0.15) is 116 Å². The van der Waals surface area contributed by atoms with Gasteiger partial charge < -0.3 is 56.9 Å². The van der Waals surface area contributed by atoms with Gasteiger partial charge in [0.1, 0.15) is 35.8 Å². The number of aromatic nitrogens is 2. The van der Waals surface area contributed by atoms with Crippen molar-refractivity contribution in [3.05, 3.63) is 234 Å². The van der Waals surface area contributed by atoms with Gasteiger partial charge in [-0.3, -0.25) is 0 Å². The zero-order valence-electron chi connectivity index (χ0n) is 61.5. The van der Waals surface area contributed by atoms with Crippen molar-refractivity contribution in [2.24, 2.45) is 0 Å². The zero-order valence-corrected chi connectivity index (χ0v) is 58.5. The Morgan fingerprint density at radius 3 is 1.01 bits per heavy atom. The van der Waals surface area contributed by atoms with Crippen molar-refractivity contribution in [3.63, 3.8) is 0 Å². The molecular weight excluding hydrogens is 1200 g/mol. The van der Waals surface area contributed by atoms with E-state index in [9.17, 15) is 0 Å². The van der Waals surface area contributed by atoms with Crippen LogP contribution >= 0.6 is 0 Å². The minimum absolute atomic E-state index is 0.143. The second-order valence-electron chi connectivity index (χ2n) is 27.0. The summed E-state index contributed by atoms with van der Waals surface area (Å²) in [5.74, 6) is 0.915. The molecule has 17 rings (SSSR count). The molecule has 14 nitrogen and oxygen atoms in total. The van der Waals surface area contributed by atoms with E-state index < -0.39 is 6.98 Å². The minimum atomic E-state index is -2.18. The summed E-state index contributed by atoms with van der Waals surface area (Å²) < 4.78 is 47.8. The maximum Gasteiger partial charge on any atom is 0.227 e. The lowest BCUT2D eigenvalue weighted by atomic mass is 9.92. The van der Waals surface area contributed by atoms with Crippen molar-refractivity contribution < 1.29 is 21.8 Å². The van der Waals surface area contributed by atoms with E-state index in [2.05, 4.69) is 251 Å². The molecule has 7 aromatic carbocycles. The predicted molar refractivity (Wildman–Crippen MR) is 404 cm³/mol. The van der Waals surface area contributed by atoms with Crippen LogP contribution in [0.25, 0.3) is 88.0 Å². The van der Waals surface area contributed by atoms with Crippen molar-refractivity contribution in [3.8, 4) is 0 Å². The Kier molecular flexibility index (Phi) is 15.6. The number of furan rings is 4. The molecule has 0 radical (unpaired) electrons. The number of hydrogen-bond acceptors (Lipinski definition) is 14. The molecule has 494 valence electrons. The Balaban J connectivity index is 0.000000115. The van der Waals surface area contributed by atoms with E-state index in [1.807, 2.05) is 81.1 Å². The first-order chi connectivity index (χ1) is 47.9. The maximum absolute atomic E-state index is 7.69. The van der Waals surface area contributed by atoms with Gasteiger partial charge in [-0.15, -0.1) is 0 Å². The summed E-state index contributed by atoms with van der Waals surface area (Å²) in [5, 5.41) is 8.85. The van der Waals surface area contributed by atoms with Crippen LogP contribution in [0.4, 0.5) is 28.4 Å². The van der Waals surface area contributed by atoms with Gasteiger partial charge in [0.25, 0.3) is 0 Å². The van der Waals surface area contributed by atoms with Gasteiger partial charge in [-0.05, 0) is 151 Å². The minimum Gasteiger partial charge on any atom is -0.454 e. The van der Waals surface area contributed by atoms with E-state index in [0.717, 1.165) is 94.7 Å². The highest BCUT2D eigenvalue weighted by molar-refractivity contribution is 6.12. The summed E-state index contributed by atoms with van der Waals surface area (Å²) in [6, 6.07) is 48.5. The molecule has 0 amide bonds. The van der Waals surface area contributed by atoms with Crippen molar-refractivity contribution in [2.45, 2.75) is 133 Å². The third kappa shape index (κ3) is 11.1. The van der Waals surface area contributed by atoms with Crippen LogP contribution < -0.4 is 24.5 Å². The lowest BCUT2D eigenvalue weighted by molar-refractivity contribution is 0.383. The monoisotopic (exact) mass is 1290 g/mol. The normalized spacial score (nSPS) is 18.2. The molecule has 0 saturated carbocycles. The molecule has 13 aromatic rings. The Morgan fingerprint density at radius 2 is 0.649 bits per heavy atom. The number of para-hydroxylation sites is 3. The molecule has 6 aromatic heterocycles. The molecule has 0 fully saturated rings. The molecule has 97 heavy (non-hydrogen) atoms. The number of nitrogens with zero attached hydrogens (tertiary/aromatic N) is 10. The lowest BCUT2D eigenvalue weighted by Gasteiger charge is -2.34. The molecule has 4 aliphatic rings. The smallest absolute Gasteiger partial charge is 0.227 e. The topological polar surface area (TPSA) is 104 Å². The van der Waals surface area contributed by atoms with E-state index >= 15 is 0 Å². The molecule has 0 unspecified atom stereocenters. The second-order valence-corrected chi connectivity index (χ2v) is 27.0. The molecule has 14 heteroatoms. The third-order valence-electron chi connectivity index (χ3n) is 20.0. The number of rotatable bonds is 7. The first-order valence-corrected chi connectivity index (χ1v) is 33.8. The van der Waals surface area contributed by atoms with Crippen LogP contribution in [0, 0.1) is 41.5 Å². The molecule has 4 atom stereocenters. The molecule has 0 N–H and O–H groups in total. The predicted octanol–water partition coefficient (Wildman–Crippen LogP) is 21.1. The molecular formula is C83H88N10O4. The summed E-state index contributed by atoms with van der Waals surface area (Å²) in [6.07, 6.45) is 16.7. The van der Waals surface area contributed by atoms with Gasteiger partial charge in [0.2, 0.25) is 11.4 Å². The summed E-state index contributed by atoms with van der Waals surface area (Å²) in [5.41, 5.74) is 21.8. The van der Waals surface area contributed by atoms with Crippen LogP contribution in [-0.2, 0) is 0 Å². The Hall–Kier alpha value is -10.6. The van der Waals surface area contributed by atoms with E-state index in [1.165, 1.54) is 59.9 Å². The summed E-state index contributed by atoms with van der Waals surface area (Å²) in [6.45, 7) is 27.8. The number of benzene rings is 7. The van der Waals surface area contributed by atoms with Crippen molar-refractivity contribution >= 4 is 116 Å². The summed E-state index contributed by atoms with van der Waals surface area (Å²) >= 11 is 0. The average Bonchev–Trinajstić information content (AvgIpc) is 1.60. The Morgan fingerprint density at radius 1 is 0.330 bits per heavy atom. The molecule has 0 spiro atoms. The van der Waals surface area contributed by atoms with Crippen LogP contribution in [0.5, 0.6) is 0 Å². The SMILES string of the molecule is Cc1ccc2c(n1)oc1c(N3C=CN(C)[C@@H]3C)c(C)ccc12.Cc1ccc2c(oc3ccccc32)c1N1C=CN(C)[C@@H]1C.Cc1ccc2c(oc3ccccc32)c1N1C=CN(c2c(C(C)C)cccc2C(C)C)[C@@H]1C.[2H]C([2H])([2H])N1C=CN(c2c(C)ccc3c2oc2nc(C)ccc23)[C@H]1C. The van der Waals surface area contributed by atoms with Crippen molar-refractivity contribution in [2.75, 3.05) is 45.6 Å². The number of anilines is 5. The second kappa shape index (κ2) is 25.2. The molecule has 0 bridgehead atoms. The fourth-order valence-electron chi connectivity index (χ4n) is 14.2. The summed E-state index contributed by atoms with van der Waals surface area (Å²) in [4.78, 5) is 26.0. The van der Waals surface area contributed by atoms with Gasteiger partial charge >= 0.3 is 0 Å². The molecule has 0 aliphatic carbocycles. The van der Waals surface area contributed by atoms with Crippen LogP contribution in [0.3, 0.4) is 0 Å². The number of fused-ring (bicyclic) bond motifs is 12. The van der Waals surface area contributed by atoms with Crippen LogP contribution in [0.2, 0.25) is 0 Å². The Labute approximate surface area is 573 Å². The number of hydrogen-bond donors (Lipinski definition) is 0. The number of pyridine rings is 2. The van der Waals surface area contributed by atoms with Gasteiger partial charge in [0.15, 0.2) is 22.3 Å². The fraction of sp³-hybridized carbons (Fsp3) is 0.277. The molecule has 0 saturated heterocycles. The molecule has 10 heterocycles. The Bertz CT molecular complexity index is 5410. The standard InChI is InChI=1S/C29H32N2O.2C18H19N3O.C18H18N2O/c1-18(2)22-11-9-12-23(19(3)4)28(22)31-17-16-30(21(31)6)27-20(5)14-15-25-24-10-7-8-13-26(24)32-29(25)27;2*1-11-5-7-14-15-8-6-12(2)19-18(15)22-17(14)16(11)21-10-9-20(4)13(21)3;1-12-8-9-15-14-6-4-5-7-16(14)21-18(15)17(12)20-11-10-19(3)13(20)2/h7-19,21H,1-6H3;2*5-10,13H,1-4H3;4-11,13H,1-3H3/t21-;3*13-/m1000/s1/i;4D3;;. The maximum atomic E-state index is 7.69. The van der Waals surface area contributed by atoms with Gasteiger partial charge in [0.05, 0.1) is 22.7 Å². The van der Waals surface area contributed by atoms with Gasteiger partial charge in [-0.1, -0.05) is 131 Å². The quantitative estimate of drug-likeness (QED) is 0.151.